The second kappa shape index (κ2) is 7.07. The molecule has 14 heavy (non-hydrogen) atoms. The van der Waals surface area contributed by atoms with Gasteiger partial charge in [0.15, 0.2) is 0 Å². The zero-order valence-corrected chi connectivity index (χ0v) is 9.54. The summed E-state index contributed by atoms with van der Waals surface area (Å²) in [6.45, 7) is 11.6. The molecule has 0 aromatic heterocycles. The normalized spacial score (nSPS) is 10.1. The van der Waals surface area contributed by atoms with E-state index in [-0.39, 0.29) is 0 Å². The predicted molar refractivity (Wildman–Crippen MR) is 64.9 cm³/mol. The summed E-state index contributed by atoms with van der Waals surface area (Å²) in [4.78, 5) is 4.14. The molecule has 1 nitrogen and oxygen atoms in total. The second-order valence-electron chi connectivity index (χ2n) is 2.71. The zero-order valence-electron chi connectivity index (χ0n) is 9.54. The second-order valence-corrected chi connectivity index (χ2v) is 2.71. The summed E-state index contributed by atoms with van der Waals surface area (Å²) in [6.07, 6.45) is 1.57. The lowest BCUT2D eigenvalue weighted by Crippen LogP contribution is -1.96. The average molecular weight is 189 g/mol. The largest absolute Gasteiger partial charge is 0.262 e. The first-order valence-corrected chi connectivity index (χ1v) is 4.97. The van der Waals surface area contributed by atoms with E-state index in [1.807, 2.05) is 32.9 Å². The molecule has 1 rings (SSSR count). The van der Waals surface area contributed by atoms with Crippen LogP contribution in [0.1, 0.15) is 31.9 Å². The highest BCUT2D eigenvalue weighted by atomic mass is 14.7. The predicted octanol–water partition coefficient (Wildman–Crippen LogP) is 3.97. The summed E-state index contributed by atoms with van der Waals surface area (Å²) >= 11 is 0. The SMILES string of the molecule is C=CN=C(C)c1ccccc1C.CC. The van der Waals surface area contributed by atoms with Crippen molar-refractivity contribution < 1.29 is 0 Å². The molecule has 0 aliphatic heterocycles. The minimum absolute atomic E-state index is 1.02. The van der Waals surface area contributed by atoms with Crippen molar-refractivity contribution in [2.24, 2.45) is 4.99 Å². The van der Waals surface area contributed by atoms with Gasteiger partial charge in [-0.15, -0.1) is 0 Å². The maximum atomic E-state index is 4.14. The Bertz CT molecular complexity index is 311. The van der Waals surface area contributed by atoms with Crippen molar-refractivity contribution in [2.75, 3.05) is 0 Å². The van der Waals surface area contributed by atoms with Gasteiger partial charge in [0, 0.05) is 11.9 Å². The van der Waals surface area contributed by atoms with Gasteiger partial charge in [-0.2, -0.15) is 0 Å². The van der Waals surface area contributed by atoms with Crippen LogP contribution in [0.4, 0.5) is 0 Å². The molecule has 1 aromatic carbocycles. The molecule has 0 heterocycles. The Hall–Kier alpha value is -1.37. The lowest BCUT2D eigenvalue weighted by Gasteiger charge is -2.02. The Labute approximate surface area is 87.2 Å². The van der Waals surface area contributed by atoms with Crippen LogP contribution in [0.2, 0.25) is 0 Å². The van der Waals surface area contributed by atoms with Crippen molar-refractivity contribution in [3.63, 3.8) is 0 Å². The van der Waals surface area contributed by atoms with Gasteiger partial charge in [0.2, 0.25) is 0 Å². The van der Waals surface area contributed by atoms with Crippen LogP contribution < -0.4 is 0 Å². The quantitative estimate of drug-likeness (QED) is 0.624. The number of benzene rings is 1. The van der Waals surface area contributed by atoms with Crippen LogP contribution in [-0.4, -0.2) is 5.71 Å². The van der Waals surface area contributed by atoms with Crippen LogP contribution in [0.25, 0.3) is 0 Å². The van der Waals surface area contributed by atoms with Gasteiger partial charge in [-0.3, -0.25) is 4.99 Å². The molecule has 0 atom stereocenters. The summed E-state index contributed by atoms with van der Waals surface area (Å²) < 4.78 is 0. The van der Waals surface area contributed by atoms with Crippen LogP contribution in [0.15, 0.2) is 42.0 Å². The number of hydrogen-bond donors (Lipinski definition) is 0. The van der Waals surface area contributed by atoms with Crippen molar-refractivity contribution in [1.82, 2.24) is 0 Å². The summed E-state index contributed by atoms with van der Waals surface area (Å²) in [5.74, 6) is 0. The van der Waals surface area contributed by atoms with E-state index >= 15 is 0 Å². The third-order valence-corrected chi connectivity index (χ3v) is 1.82. The van der Waals surface area contributed by atoms with Gasteiger partial charge in [-0.05, 0) is 25.0 Å². The van der Waals surface area contributed by atoms with Gasteiger partial charge >= 0.3 is 0 Å². The molecule has 0 N–H and O–H groups in total. The maximum Gasteiger partial charge on any atom is 0.0447 e. The van der Waals surface area contributed by atoms with Crippen LogP contribution in [0.5, 0.6) is 0 Å². The summed E-state index contributed by atoms with van der Waals surface area (Å²) in [5, 5.41) is 0. The van der Waals surface area contributed by atoms with Gasteiger partial charge < -0.3 is 0 Å². The van der Waals surface area contributed by atoms with Crippen molar-refractivity contribution in [3.8, 4) is 0 Å². The van der Waals surface area contributed by atoms with Gasteiger partial charge in [-0.25, -0.2) is 0 Å². The van der Waals surface area contributed by atoms with Crippen molar-refractivity contribution >= 4 is 5.71 Å². The van der Waals surface area contributed by atoms with Gasteiger partial charge in [0.1, 0.15) is 0 Å². The Morgan fingerprint density at radius 1 is 1.29 bits per heavy atom. The fraction of sp³-hybridized carbons (Fsp3) is 0.308. The van der Waals surface area contributed by atoms with Crippen molar-refractivity contribution in [1.29, 1.82) is 0 Å². The molecule has 0 unspecified atom stereocenters. The van der Waals surface area contributed by atoms with E-state index in [9.17, 15) is 0 Å². The molecule has 1 aromatic rings. The summed E-state index contributed by atoms with van der Waals surface area (Å²) in [6, 6.07) is 8.19. The average Bonchev–Trinajstić information content (AvgIpc) is 2.22. The number of aryl methyl sites for hydroxylation is 1. The molecule has 0 bridgehead atoms. The third-order valence-electron chi connectivity index (χ3n) is 1.82. The number of nitrogens with zero attached hydrogens (tertiary/aromatic N) is 1. The monoisotopic (exact) mass is 189 g/mol. The molecular formula is C13H19N. The molecule has 0 aliphatic carbocycles. The van der Waals surface area contributed by atoms with Crippen molar-refractivity contribution in [3.05, 3.63) is 48.2 Å². The van der Waals surface area contributed by atoms with Crippen molar-refractivity contribution in [2.45, 2.75) is 27.7 Å². The topological polar surface area (TPSA) is 12.4 Å². The zero-order chi connectivity index (χ0) is 11.0. The van der Waals surface area contributed by atoms with Gasteiger partial charge in [-0.1, -0.05) is 44.7 Å². The van der Waals surface area contributed by atoms with Crippen LogP contribution in [0.3, 0.4) is 0 Å². The first-order chi connectivity index (χ1) is 6.75. The number of hydrogen-bond acceptors (Lipinski definition) is 1. The van der Waals surface area contributed by atoms with Gasteiger partial charge in [0.25, 0.3) is 0 Å². The van der Waals surface area contributed by atoms with Crippen LogP contribution in [-0.2, 0) is 0 Å². The highest BCUT2D eigenvalue weighted by Gasteiger charge is 1.98. The molecular weight excluding hydrogens is 170 g/mol. The third kappa shape index (κ3) is 3.56. The molecule has 0 radical (unpaired) electrons. The molecule has 0 amide bonds. The molecule has 1 heteroatoms. The highest BCUT2D eigenvalue weighted by Crippen LogP contribution is 2.08. The fourth-order valence-electron chi connectivity index (χ4n) is 1.19. The van der Waals surface area contributed by atoms with E-state index in [4.69, 9.17) is 0 Å². The van der Waals surface area contributed by atoms with Gasteiger partial charge in [0.05, 0.1) is 0 Å². The first-order valence-electron chi connectivity index (χ1n) is 4.97. The molecule has 0 spiro atoms. The van der Waals surface area contributed by atoms with E-state index in [2.05, 4.69) is 30.6 Å². The lowest BCUT2D eigenvalue weighted by molar-refractivity contribution is 1.41. The van der Waals surface area contributed by atoms with Crippen LogP contribution in [0, 0.1) is 6.92 Å². The Balaban J connectivity index is 0.000000791. The molecule has 0 aliphatic rings. The number of rotatable bonds is 2. The molecule has 0 saturated carbocycles. The van der Waals surface area contributed by atoms with E-state index in [0.717, 1.165) is 5.71 Å². The first kappa shape index (κ1) is 12.6. The number of aliphatic imine (C=N–C) groups is 1. The van der Waals surface area contributed by atoms with E-state index in [1.54, 1.807) is 6.20 Å². The molecule has 0 fully saturated rings. The van der Waals surface area contributed by atoms with E-state index < -0.39 is 0 Å². The molecule has 76 valence electrons. The smallest absolute Gasteiger partial charge is 0.0447 e. The maximum absolute atomic E-state index is 4.14. The highest BCUT2D eigenvalue weighted by molar-refractivity contribution is 6.00. The minimum Gasteiger partial charge on any atom is -0.262 e. The molecule has 0 saturated heterocycles. The minimum atomic E-state index is 1.02. The van der Waals surface area contributed by atoms with E-state index in [0.29, 0.717) is 0 Å². The Kier molecular flexibility index (Phi) is 6.38. The Morgan fingerprint density at radius 3 is 2.36 bits per heavy atom. The van der Waals surface area contributed by atoms with Crippen LogP contribution >= 0.6 is 0 Å². The lowest BCUT2D eigenvalue weighted by atomic mass is 10.1. The fourth-order valence-corrected chi connectivity index (χ4v) is 1.19. The summed E-state index contributed by atoms with van der Waals surface area (Å²) in [7, 11) is 0. The van der Waals surface area contributed by atoms with E-state index in [1.165, 1.54) is 11.1 Å². The standard InChI is InChI=1S/C11H13N.C2H6/c1-4-12-10(3)11-8-6-5-7-9(11)2;1-2/h4-8H,1H2,2-3H3;1-2H3. The Morgan fingerprint density at radius 2 is 1.86 bits per heavy atom. The summed E-state index contributed by atoms with van der Waals surface area (Å²) in [5.41, 5.74) is 3.46.